The molecule has 6 heteroatoms. The maximum atomic E-state index is 12.5. The van der Waals surface area contributed by atoms with Crippen LogP contribution >= 0.6 is 11.6 Å². The molecule has 2 N–H and O–H groups in total. The second-order valence-electron chi connectivity index (χ2n) is 5.68. The maximum Gasteiger partial charge on any atom is 0.268 e. The van der Waals surface area contributed by atoms with E-state index in [9.17, 15) is 14.7 Å². The summed E-state index contributed by atoms with van der Waals surface area (Å²) in [5.41, 5.74) is -0.657. The van der Waals surface area contributed by atoms with Crippen LogP contribution in [0, 0.1) is 0 Å². The van der Waals surface area contributed by atoms with Gasteiger partial charge in [-0.3, -0.25) is 9.59 Å². The van der Waals surface area contributed by atoms with Gasteiger partial charge >= 0.3 is 0 Å². The average molecular weight is 345 g/mol. The fourth-order valence-corrected chi connectivity index (χ4v) is 2.94. The van der Waals surface area contributed by atoms with Gasteiger partial charge < -0.3 is 15.3 Å². The molecule has 1 fully saturated rings. The molecule has 0 bridgehead atoms. The SMILES string of the molecule is O=C(NCc1ccccc1Cl)C1(O)CCN(c2ccccc2)C1=O. The molecule has 1 aliphatic heterocycles. The summed E-state index contributed by atoms with van der Waals surface area (Å²) in [5, 5.41) is 13.7. The smallest absolute Gasteiger partial charge is 0.268 e. The molecule has 3 rings (SSSR count). The third-order valence-corrected chi connectivity index (χ3v) is 4.51. The summed E-state index contributed by atoms with van der Waals surface area (Å²) >= 11 is 6.04. The van der Waals surface area contributed by atoms with Crippen molar-refractivity contribution in [3.63, 3.8) is 0 Å². The number of rotatable bonds is 4. The van der Waals surface area contributed by atoms with Gasteiger partial charge in [-0.1, -0.05) is 48.0 Å². The highest BCUT2D eigenvalue weighted by atomic mass is 35.5. The van der Waals surface area contributed by atoms with E-state index in [-0.39, 0.29) is 13.0 Å². The molecular weight excluding hydrogens is 328 g/mol. The molecule has 0 spiro atoms. The fraction of sp³-hybridized carbons (Fsp3) is 0.222. The van der Waals surface area contributed by atoms with Crippen LogP contribution in [-0.4, -0.2) is 29.1 Å². The Kier molecular flexibility index (Phi) is 4.55. The minimum atomic E-state index is -2.04. The molecule has 0 aromatic heterocycles. The first-order chi connectivity index (χ1) is 11.5. The summed E-state index contributed by atoms with van der Waals surface area (Å²) in [4.78, 5) is 26.3. The topological polar surface area (TPSA) is 69.6 Å². The monoisotopic (exact) mass is 344 g/mol. The van der Waals surface area contributed by atoms with E-state index in [4.69, 9.17) is 11.6 Å². The Balaban J connectivity index is 1.71. The quantitative estimate of drug-likeness (QED) is 0.835. The number of carbonyl (C=O) groups excluding carboxylic acids is 2. The zero-order valence-electron chi connectivity index (χ0n) is 12.9. The van der Waals surface area contributed by atoms with Crippen molar-refractivity contribution in [1.29, 1.82) is 0 Å². The van der Waals surface area contributed by atoms with Crippen molar-refractivity contribution in [3.05, 3.63) is 65.2 Å². The van der Waals surface area contributed by atoms with Crippen LogP contribution in [0.3, 0.4) is 0 Å². The van der Waals surface area contributed by atoms with Gasteiger partial charge in [-0.05, 0) is 23.8 Å². The Bertz CT molecular complexity index is 766. The zero-order chi connectivity index (χ0) is 17.2. The van der Waals surface area contributed by atoms with Crippen molar-refractivity contribution >= 4 is 29.1 Å². The minimum Gasteiger partial charge on any atom is -0.372 e. The van der Waals surface area contributed by atoms with E-state index in [1.807, 2.05) is 6.07 Å². The number of halogens is 1. The standard InChI is InChI=1S/C18H17ClN2O3/c19-15-9-5-4-6-13(15)12-20-16(22)18(24)10-11-21(17(18)23)14-7-2-1-3-8-14/h1-9,24H,10-12H2,(H,20,22). The number of hydrogen-bond donors (Lipinski definition) is 2. The molecule has 2 aromatic rings. The highest BCUT2D eigenvalue weighted by molar-refractivity contribution is 6.31. The molecule has 1 unspecified atom stereocenters. The van der Waals surface area contributed by atoms with E-state index in [1.54, 1.807) is 48.5 Å². The normalized spacial score (nSPS) is 20.2. The van der Waals surface area contributed by atoms with Gasteiger partial charge in [-0.2, -0.15) is 0 Å². The van der Waals surface area contributed by atoms with Crippen molar-refractivity contribution in [3.8, 4) is 0 Å². The Morgan fingerprint density at radius 3 is 2.54 bits per heavy atom. The van der Waals surface area contributed by atoms with E-state index < -0.39 is 17.4 Å². The van der Waals surface area contributed by atoms with E-state index in [2.05, 4.69) is 5.32 Å². The molecular formula is C18H17ClN2O3. The van der Waals surface area contributed by atoms with Gasteiger partial charge in [0.25, 0.3) is 11.8 Å². The van der Waals surface area contributed by atoms with Crippen molar-refractivity contribution in [2.24, 2.45) is 0 Å². The number of nitrogens with one attached hydrogen (secondary N) is 1. The number of carbonyl (C=O) groups is 2. The molecule has 24 heavy (non-hydrogen) atoms. The molecule has 2 amide bonds. The van der Waals surface area contributed by atoms with Crippen molar-refractivity contribution in [2.45, 2.75) is 18.6 Å². The number of anilines is 1. The number of hydrogen-bond acceptors (Lipinski definition) is 3. The van der Waals surface area contributed by atoms with E-state index >= 15 is 0 Å². The summed E-state index contributed by atoms with van der Waals surface area (Å²) in [6, 6.07) is 16.1. The number of amides is 2. The predicted octanol–water partition coefficient (Wildman–Crippen LogP) is 2.12. The Morgan fingerprint density at radius 2 is 1.83 bits per heavy atom. The van der Waals surface area contributed by atoms with Crippen LogP contribution in [0.1, 0.15) is 12.0 Å². The second-order valence-corrected chi connectivity index (χ2v) is 6.08. The molecule has 1 atom stereocenters. The molecule has 0 aliphatic carbocycles. The van der Waals surface area contributed by atoms with Gasteiger partial charge in [-0.15, -0.1) is 0 Å². The minimum absolute atomic E-state index is 0.0507. The molecule has 0 radical (unpaired) electrons. The maximum absolute atomic E-state index is 12.5. The number of nitrogens with zero attached hydrogens (tertiary/aromatic N) is 1. The van der Waals surface area contributed by atoms with Crippen LogP contribution in [-0.2, 0) is 16.1 Å². The van der Waals surface area contributed by atoms with Crippen LogP contribution < -0.4 is 10.2 Å². The Hall–Kier alpha value is -2.37. The van der Waals surface area contributed by atoms with Gasteiger partial charge in [0.2, 0.25) is 5.60 Å². The first-order valence-corrected chi connectivity index (χ1v) is 8.01. The average Bonchev–Trinajstić information content (AvgIpc) is 2.91. The highest BCUT2D eigenvalue weighted by Gasteiger charge is 2.51. The van der Waals surface area contributed by atoms with Crippen LogP contribution in [0.15, 0.2) is 54.6 Å². The van der Waals surface area contributed by atoms with Gasteiger partial charge in [0.15, 0.2) is 0 Å². The second kappa shape index (κ2) is 6.63. The van der Waals surface area contributed by atoms with Gasteiger partial charge in [0, 0.05) is 30.2 Å². The lowest BCUT2D eigenvalue weighted by molar-refractivity contribution is -0.149. The van der Waals surface area contributed by atoms with Crippen LogP contribution in [0.25, 0.3) is 0 Å². The first kappa shape index (κ1) is 16.5. The Labute approximate surface area is 144 Å². The molecule has 2 aromatic carbocycles. The van der Waals surface area contributed by atoms with Crippen molar-refractivity contribution in [1.82, 2.24) is 5.32 Å². The number of para-hydroxylation sites is 1. The number of benzene rings is 2. The van der Waals surface area contributed by atoms with Crippen molar-refractivity contribution < 1.29 is 14.7 Å². The molecule has 5 nitrogen and oxygen atoms in total. The van der Waals surface area contributed by atoms with Gasteiger partial charge in [-0.25, -0.2) is 0 Å². The molecule has 1 saturated heterocycles. The lowest BCUT2D eigenvalue weighted by atomic mass is 10.0. The Morgan fingerprint density at radius 1 is 1.17 bits per heavy atom. The van der Waals surface area contributed by atoms with Crippen LogP contribution in [0.5, 0.6) is 0 Å². The molecule has 0 saturated carbocycles. The first-order valence-electron chi connectivity index (χ1n) is 7.63. The van der Waals surface area contributed by atoms with Crippen molar-refractivity contribution in [2.75, 3.05) is 11.4 Å². The van der Waals surface area contributed by atoms with Crippen LogP contribution in [0.2, 0.25) is 5.02 Å². The lowest BCUT2D eigenvalue weighted by Gasteiger charge is -2.22. The fourth-order valence-electron chi connectivity index (χ4n) is 2.73. The summed E-state index contributed by atoms with van der Waals surface area (Å²) in [6.45, 7) is 0.443. The highest BCUT2D eigenvalue weighted by Crippen LogP contribution is 2.28. The third-order valence-electron chi connectivity index (χ3n) is 4.14. The lowest BCUT2D eigenvalue weighted by Crippen LogP contribution is -2.52. The molecule has 1 aliphatic rings. The van der Waals surface area contributed by atoms with Gasteiger partial charge in [0.1, 0.15) is 0 Å². The predicted molar refractivity (Wildman–Crippen MR) is 91.7 cm³/mol. The van der Waals surface area contributed by atoms with Gasteiger partial charge in [0.05, 0.1) is 0 Å². The van der Waals surface area contributed by atoms with E-state index in [1.165, 1.54) is 4.90 Å². The largest absolute Gasteiger partial charge is 0.372 e. The summed E-state index contributed by atoms with van der Waals surface area (Å²) < 4.78 is 0. The van der Waals surface area contributed by atoms with Crippen LogP contribution in [0.4, 0.5) is 5.69 Å². The third kappa shape index (κ3) is 3.00. The summed E-state index contributed by atoms with van der Waals surface area (Å²) in [7, 11) is 0. The summed E-state index contributed by atoms with van der Waals surface area (Å²) in [6.07, 6.45) is 0.0507. The summed E-state index contributed by atoms with van der Waals surface area (Å²) in [5.74, 6) is -1.31. The molecule has 124 valence electrons. The molecule has 1 heterocycles. The zero-order valence-corrected chi connectivity index (χ0v) is 13.7. The number of aliphatic hydroxyl groups is 1. The van der Waals surface area contributed by atoms with E-state index in [0.717, 1.165) is 5.56 Å². The van der Waals surface area contributed by atoms with E-state index in [0.29, 0.717) is 17.3 Å².